The van der Waals surface area contributed by atoms with Gasteiger partial charge in [-0.1, -0.05) is 54.9 Å². The maximum atomic E-state index is 10.9. The highest BCUT2D eigenvalue weighted by Gasteiger charge is 2.12. The number of hydrogen-bond acceptors (Lipinski definition) is 3. The van der Waals surface area contributed by atoms with E-state index in [1.54, 1.807) is 0 Å². The maximum Gasteiger partial charge on any atom is 0.303 e. The highest BCUT2D eigenvalue weighted by Crippen LogP contribution is 2.24. The lowest BCUT2D eigenvalue weighted by Crippen LogP contribution is -2.06. The minimum Gasteiger partial charge on any atom is -0.489 e. The molecule has 0 spiro atoms. The first-order valence-electron chi connectivity index (χ1n) is 11.4. The van der Waals surface area contributed by atoms with Crippen LogP contribution in [0.2, 0.25) is 0 Å². The molecule has 0 saturated heterocycles. The highest BCUT2D eigenvalue weighted by atomic mass is 16.5. The van der Waals surface area contributed by atoms with Gasteiger partial charge in [-0.15, -0.1) is 0 Å². The Morgan fingerprint density at radius 1 is 1.06 bits per heavy atom. The Balaban J connectivity index is 1.52. The molecule has 4 rings (SSSR count). The van der Waals surface area contributed by atoms with Gasteiger partial charge in [0, 0.05) is 12.0 Å². The second-order valence-corrected chi connectivity index (χ2v) is 8.48. The molecule has 0 aliphatic heterocycles. The molecule has 0 bridgehead atoms. The van der Waals surface area contributed by atoms with Crippen LogP contribution in [0.5, 0.6) is 5.75 Å². The first kappa shape index (κ1) is 22.7. The van der Waals surface area contributed by atoms with Crippen molar-refractivity contribution < 1.29 is 14.6 Å². The molecule has 0 saturated carbocycles. The van der Waals surface area contributed by atoms with Gasteiger partial charge in [0.1, 0.15) is 26.0 Å². The van der Waals surface area contributed by atoms with Crippen molar-refractivity contribution >= 4 is 30.3 Å². The lowest BCUT2D eigenvalue weighted by molar-refractivity contribution is -0.136. The van der Waals surface area contributed by atoms with Crippen molar-refractivity contribution in [2.45, 2.75) is 46.3 Å². The Hall–Kier alpha value is -3.54. The van der Waals surface area contributed by atoms with Crippen LogP contribution in [0.3, 0.4) is 0 Å². The summed E-state index contributed by atoms with van der Waals surface area (Å²) in [5.74, 6) is 1.07. The number of rotatable bonds is 9. The molecule has 6 heteroatoms. The number of fused-ring (bicyclic) bond motifs is 1. The second-order valence-electron chi connectivity index (χ2n) is 8.48. The van der Waals surface area contributed by atoms with E-state index in [2.05, 4.69) is 49.7 Å². The fourth-order valence-electron chi connectivity index (χ4n) is 4.25. The van der Waals surface area contributed by atoms with Crippen LogP contribution < -0.4 is 10.2 Å². The van der Waals surface area contributed by atoms with E-state index in [4.69, 9.17) is 14.8 Å². The number of aromatic nitrogens is 2. The molecule has 33 heavy (non-hydrogen) atoms. The number of hydrogen-bond donors (Lipinski definition) is 1. The summed E-state index contributed by atoms with van der Waals surface area (Å²) in [6, 6.07) is 20.7. The number of aryl methyl sites for hydroxylation is 3. The largest absolute Gasteiger partial charge is 0.489 e. The molecule has 1 N–H and O–H groups in total. The highest BCUT2D eigenvalue weighted by molar-refractivity contribution is 6.33. The molecule has 0 atom stereocenters. The van der Waals surface area contributed by atoms with Crippen LogP contribution in [-0.2, 0) is 30.8 Å². The molecule has 1 heterocycles. The molecule has 1 aromatic heterocycles. The fourth-order valence-corrected chi connectivity index (χ4v) is 4.25. The summed E-state index contributed by atoms with van der Waals surface area (Å²) in [7, 11) is 2.08. The third-order valence-corrected chi connectivity index (χ3v) is 6.05. The molecule has 3 aromatic carbocycles. The molecule has 0 unspecified atom stereocenters. The quantitative estimate of drug-likeness (QED) is 0.402. The molecule has 5 nitrogen and oxygen atoms in total. The number of para-hydroxylation sites is 1. The summed E-state index contributed by atoms with van der Waals surface area (Å²) in [6.45, 7) is 5.29. The molecule has 0 fully saturated rings. The lowest BCUT2D eigenvalue weighted by Gasteiger charge is -2.15. The van der Waals surface area contributed by atoms with Gasteiger partial charge in [0.05, 0.1) is 17.6 Å². The summed E-state index contributed by atoms with van der Waals surface area (Å²) in [5.41, 5.74) is 7.81. The lowest BCUT2D eigenvalue weighted by atomic mass is 9.96. The molecule has 0 amide bonds. The van der Waals surface area contributed by atoms with Crippen LogP contribution in [-0.4, -0.2) is 28.5 Å². The average molecular weight is 440 g/mol. The third-order valence-electron chi connectivity index (χ3n) is 6.05. The van der Waals surface area contributed by atoms with Gasteiger partial charge in [-0.25, -0.2) is 4.98 Å². The molecule has 0 aliphatic carbocycles. The number of imidazole rings is 1. The van der Waals surface area contributed by atoms with Gasteiger partial charge in [0.15, 0.2) is 0 Å². The Kier molecular flexibility index (Phi) is 6.83. The van der Waals surface area contributed by atoms with Crippen LogP contribution in [0.25, 0.3) is 11.0 Å². The number of carboxylic acid groups (broad SMARTS) is 1. The van der Waals surface area contributed by atoms with E-state index in [1.807, 2.05) is 37.3 Å². The number of benzene rings is 3. The van der Waals surface area contributed by atoms with Crippen LogP contribution in [0.1, 0.15) is 41.4 Å². The minimum atomic E-state index is -0.767. The third kappa shape index (κ3) is 5.28. The van der Waals surface area contributed by atoms with E-state index in [-0.39, 0.29) is 6.42 Å². The van der Waals surface area contributed by atoms with Gasteiger partial charge in [-0.05, 0) is 54.7 Å². The Labute approximate surface area is 195 Å². The molecule has 168 valence electrons. The van der Waals surface area contributed by atoms with E-state index >= 15 is 0 Å². The summed E-state index contributed by atoms with van der Waals surface area (Å²) >= 11 is 0. The maximum absolute atomic E-state index is 10.9. The van der Waals surface area contributed by atoms with Crippen molar-refractivity contribution in [1.82, 2.24) is 9.55 Å². The van der Waals surface area contributed by atoms with Gasteiger partial charge < -0.3 is 14.4 Å². The van der Waals surface area contributed by atoms with Crippen molar-refractivity contribution in [3.63, 3.8) is 0 Å². The molecular formula is C27H29BN2O3. The number of ether oxygens (including phenoxy) is 1. The van der Waals surface area contributed by atoms with Gasteiger partial charge in [-0.3, -0.25) is 4.79 Å². The molecule has 4 aromatic rings. The Bertz CT molecular complexity index is 1300. The van der Waals surface area contributed by atoms with Crippen molar-refractivity contribution in [2.24, 2.45) is 0 Å². The van der Waals surface area contributed by atoms with Crippen molar-refractivity contribution in [1.29, 1.82) is 0 Å². The minimum absolute atomic E-state index is 0.151. The smallest absolute Gasteiger partial charge is 0.303 e. The van der Waals surface area contributed by atoms with Gasteiger partial charge >= 0.3 is 5.97 Å². The summed E-state index contributed by atoms with van der Waals surface area (Å²) in [4.78, 5) is 15.7. The second kappa shape index (κ2) is 9.95. The summed E-state index contributed by atoms with van der Waals surface area (Å²) in [6.07, 6.45) is 1.57. The fraction of sp³-hybridized carbons (Fsp3) is 0.259. The van der Waals surface area contributed by atoms with Crippen molar-refractivity contribution in [3.05, 3.63) is 88.7 Å². The normalized spacial score (nSPS) is 11.1. The van der Waals surface area contributed by atoms with Crippen molar-refractivity contribution in [2.75, 3.05) is 0 Å². The predicted molar refractivity (Wildman–Crippen MR) is 134 cm³/mol. The SMILES string of the molecule is Bc1ccc2c(c1)nc(C)n2Cc1ccccc1OCc1ccc(CCC(=O)O)c(CC)c1. The zero-order valence-electron chi connectivity index (χ0n) is 19.5. The van der Waals surface area contributed by atoms with E-state index in [0.717, 1.165) is 45.7 Å². The first-order chi connectivity index (χ1) is 15.9. The standard InChI is InChI=1S/C27H29BN2O3/c1-3-20-14-19(8-9-21(20)10-13-27(31)32)17-33-26-7-5-4-6-22(26)16-30-18(2)29-24-15-23(28)11-12-25(24)30/h4-9,11-12,14-15H,3,10,13,16-17,28H2,1-2H3,(H,31,32). The number of carbonyl (C=O) groups is 1. The number of nitrogens with zero attached hydrogens (tertiary/aromatic N) is 2. The Morgan fingerprint density at radius 3 is 2.67 bits per heavy atom. The molecule has 0 radical (unpaired) electrons. The number of aliphatic carboxylic acids is 1. The summed E-state index contributed by atoms with van der Waals surface area (Å²) in [5, 5.41) is 8.98. The number of carboxylic acids is 1. The monoisotopic (exact) mass is 440 g/mol. The zero-order chi connectivity index (χ0) is 23.4. The molecule has 0 aliphatic rings. The zero-order valence-corrected chi connectivity index (χ0v) is 19.5. The first-order valence-corrected chi connectivity index (χ1v) is 11.4. The van der Waals surface area contributed by atoms with E-state index in [1.165, 1.54) is 11.0 Å². The van der Waals surface area contributed by atoms with Gasteiger partial charge in [0.2, 0.25) is 0 Å². The predicted octanol–water partition coefficient (Wildman–Crippen LogP) is 3.81. The van der Waals surface area contributed by atoms with Crippen LogP contribution in [0, 0.1) is 6.92 Å². The average Bonchev–Trinajstić information content (AvgIpc) is 3.11. The van der Waals surface area contributed by atoms with Gasteiger partial charge in [-0.2, -0.15) is 0 Å². The molecular weight excluding hydrogens is 411 g/mol. The van der Waals surface area contributed by atoms with E-state index < -0.39 is 5.97 Å². The van der Waals surface area contributed by atoms with E-state index in [9.17, 15) is 4.79 Å². The van der Waals surface area contributed by atoms with Crippen LogP contribution >= 0.6 is 0 Å². The van der Waals surface area contributed by atoms with Crippen LogP contribution in [0.15, 0.2) is 60.7 Å². The Morgan fingerprint density at radius 2 is 1.88 bits per heavy atom. The summed E-state index contributed by atoms with van der Waals surface area (Å²) < 4.78 is 8.48. The van der Waals surface area contributed by atoms with Crippen molar-refractivity contribution in [3.8, 4) is 5.75 Å². The van der Waals surface area contributed by atoms with Gasteiger partial charge in [0.25, 0.3) is 0 Å². The van der Waals surface area contributed by atoms with Crippen LogP contribution in [0.4, 0.5) is 0 Å². The topological polar surface area (TPSA) is 64.4 Å². The van der Waals surface area contributed by atoms with E-state index in [0.29, 0.717) is 19.6 Å².